The van der Waals surface area contributed by atoms with Crippen LogP contribution in [0.2, 0.25) is 0 Å². The molecule has 1 aromatic heterocycles. The third kappa shape index (κ3) is 3.18. The second kappa shape index (κ2) is 8.05. The van der Waals surface area contributed by atoms with Crippen molar-refractivity contribution in [2.24, 2.45) is 4.99 Å². The Morgan fingerprint density at radius 3 is 2.03 bits per heavy atom. The van der Waals surface area contributed by atoms with Crippen LogP contribution >= 0.6 is 12.2 Å². The molecule has 0 bridgehead atoms. The second-order valence-electron chi connectivity index (χ2n) is 7.45. The van der Waals surface area contributed by atoms with Crippen molar-refractivity contribution in [2.45, 2.75) is 5.54 Å². The molecule has 0 saturated carbocycles. The van der Waals surface area contributed by atoms with Crippen molar-refractivity contribution >= 4 is 29.8 Å². The van der Waals surface area contributed by atoms with E-state index in [1.807, 2.05) is 12.1 Å². The van der Waals surface area contributed by atoms with E-state index in [9.17, 15) is 19.7 Å². The van der Waals surface area contributed by atoms with E-state index in [0.717, 1.165) is 9.25 Å². The number of nitrogens with one attached hydrogen (secondary N) is 2. The summed E-state index contributed by atoms with van der Waals surface area (Å²) in [4.78, 5) is 41.8. The molecule has 1 aliphatic heterocycles. The maximum atomic E-state index is 13.4. The molecule has 168 valence electrons. The van der Waals surface area contributed by atoms with Crippen molar-refractivity contribution in [3.05, 3.63) is 121 Å². The summed E-state index contributed by atoms with van der Waals surface area (Å²) in [6.07, 6.45) is 0. The van der Waals surface area contributed by atoms with Gasteiger partial charge < -0.3 is 0 Å². The van der Waals surface area contributed by atoms with E-state index >= 15 is 0 Å². The lowest BCUT2D eigenvalue weighted by Crippen LogP contribution is -2.39. The first-order valence-corrected chi connectivity index (χ1v) is 10.5. The summed E-state index contributed by atoms with van der Waals surface area (Å²) in [5.74, 6) is -0.432. The highest BCUT2D eigenvalue weighted by Crippen LogP contribution is 2.37. The van der Waals surface area contributed by atoms with Gasteiger partial charge in [-0.1, -0.05) is 72.8 Å². The fourth-order valence-corrected chi connectivity index (χ4v) is 4.31. The van der Waals surface area contributed by atoms with Crippen molar-refractivity contribution < 1.29 is 9.72 Å². The summed E-state index contributed by atoms with van der Waals surface area (Å²) in [7, 11) is 0. The number of benzene rings is 3. The molecule has 34 heavy (non-hydrogen) atoms. The molecule has 3 aromatic carbocycles. The van der Waals surface area contributed by atoms with E-state index in [1.54, 1.807) is 54.6 Å². The van der Waals surface area contributed by atoms with Crippen molar-refractivity contribution in [3.8, 4) is 5.69 Å². The lowest BCUT2D eigenvalue weighted by atomic mass is 9.83. The van der Waals surface area contributed by atoms with Gasteiger partial charge in [0.2, 0.25) is 10.7 Å². The zero-order valence-electron chi connectivity index (χ0n) is 17.4. The van der Waals surface area contributed by atoms with Gasteiger partial charge in [-0.15, -0.1) is 0 Å². The molecule has 0 unspecified atom stereocenters. The number of H-pyrrole nitrogens is 1. The summed E-state index contributed by atoms with van der Waals surface area (Å²) in [6, 6.07) is 23.8. The van der Waals surface area contributed by atoms with Crippen molar-refractivity contribution in [1.29, 1.82) is 0 Å². The van der Waals surface area contributed by atoms with Crippen molar-refractivity contribution in [3.63, 3.8) is 0 Å². The largest absolute Gasteiger partial charge is 0.347 e. The van der Waals surface area contributed by atoms with Crippen LogP contribution in [0.3, 0.4) is 0 Å². The van der Waals surface area contributed by atoms with Gasteiger partial charge in [-0.2, -0.15) is 4.68 Å². The number of nitro groups is 1. The third-order valence-corrected chi connectivity index (χ3v) is 5.90. The molecule has 0 fully saturated rings. The van der Waals surface area contributed by atoms with Crippen LogP contribution < -0.4 is 11.0 Å². The Labute approximate surface area is 197 Å². The molecular weight excluding hydrogens is 456 g/mol. The number of carbonyl (C=O) groups is 1. The number of aromatic amines is 1. The molecule has 2 N–H and O–H groups in total. The molecule has 4 aromatic rings. The van der Waals surface area contributed by atoms with Crippen molar-refractivity contribution in [2.75, 3.05) is 0 Å². The van der Waals surface area contributed by atoms with Crippen LogP contribution in [0.25, 0.3) is 5.69 Å². The van der Waals surface area contributed by atoms with Gasteiger partial charge in [0.1, 0.15) is 5.69 Å². The summed E-state index contributed by atoms with van der Waals surface area (Å²) in [5.41, 5.74) is -1.17. The second-order valence-corrected chi connectivity index (χ2v) is 7.81. The molecular formula is C23H16N6O4S. The molecule has 0 atom stereocenters. The predicted molar refractivity (Wildman–Crippen MR) is 127 cm³/mol. The maximum Gasteiger partial charge on any atom is 0.347 e. The number of hydrogen-bond acceptors (Lipinski definition) is 6. The normalized spacial score (nSPS) is 14.5. The Kier molecular flexibility index (Phi) is 5.02. The molecule has 1 aliphatic rings. The first-order chi connectivity index (χ1) is 16.4. The molecule has 0 spiro atoms. The number of rotatable bonds is 4. The van der Waals surface area contributed by atoms with Gasteiger partial charge in [0, 0.05) is 6.07 Å². The zero-order chi connectivity index (χ0) is 23.9. The Hall–Kier alpha value is -4.64. The van der Waals surface area contributed by atoms with Gasteiger partial charge in [0.25, 0.3) is 11.6 Å². The van der Waals surface area contributed by atoms with E-state index in [1.165, 1.54) is 18.2 Å². The number of aromatic nitrogens is 3. The molecule has 2 heterocycles. The molecule has 10 nitrogen and oxygen atoms in total. The molecule has 0 saturated heterocycles. The van der Waals surface area contributed by atoms with Crippen LogP contribution in [-0.4, -0.2) is 31.1 Å². The van der Waals surface area contributed by atoms with E-state index in [0.29, 0.717) is 11.1 Å². The molecule has 0 radical (unpaired) electrons. The Balaban J connectivity index is 1.72. The molecule has 5 rings (SSSR count). The number of carbonyl (C=O) groups excluding carboxylic acids is 1. The minimum absolute atomic E-state index is 0.000180. The fraction of sp³-hybridized carbons (Fsp3) is 0.0435. The first kappa shape index (κ1) is 21.2. The smallest absolute Gasteiger partial charge is 0.292 e. The predicted octanol–water partition coefficient (Wildman–Crippen LogP) is 2.88. The van der Waals surface area contributed by atoms with E-state index in [4.69, 9.17) is 17.2 Å². The molecule has 1 amide bonds. The number of aliphatic imine (C=N–C) groups is 1. The summed E-state index contributed by atoms with van der Waals surface area (Å²) in [6.45, 7) is 0. The van der Waals surface area contributed by atoms with Crippen LogP contribution in [-0.2, 0) is 10.3 Å². The fourth-order valence-electron chi connectivity index (χ4n) is 4.00. The third-order valence-electron chi connectivity index (χ3n) is 5.53. The molecule has 0 aliphatic carbocycles. The van der Waals surface area contributed by atoms with Gasteiger partial charge in [-0.05, 0) is 29.4 Å². The standard InChI is InChI=1S/C23H16N6O4S/c30-19-23(15-9-3-1-4-10-15,16-11-5-2-6-12-16)25-20(24-19)28-22(34)27(21(31)26-28)17-13-7-8-14-18(17)29(32)33/h1-14H,(H,26,31)(H,24,25,30). The minimum Gasteiger partial charge on any atom is -0.292 e. The van der Waals surface area contributed by atoms with Crippen LogP contribution in [0.5, 0.6) is 0 Å². The highest BCUT2D eigenvalue weighted by atomic mass is 32.1. The summed E-state index contributed by atoms with van der Waals surface area (Å²) in [5, 5.41) is 16.7. The Morgan fingerprint density at radius 1 is 0.882 bits per heavy atom. The average Bonchev–Trinajstić information content (AvgIpc) is 3.36. The van der Waals surface area contributed by atoms with E-state index in [2.05, 4.69) is 10.4 Å². The number of hydrogen-bond donors (Lipinski definition) is 2. The lowest BCUT2D eigenvalue weighted by molar-refractivity contribution is -0.384. The van der Waals surface area contributed by atoms with Gasteiger partial charge in [-0.25, -0.2) is 19.5 Å². The van der Waals surface area contributed by atoms with Crippen molar-refractivity contribution in [1.82, 2.24) is 19.7 Å². The topological polar surface area (TPSA) is 127 Å². The van der Waals surface area contributed by atoms with Gasteiger partial charge >= 0.3 is 5.69 Å². The van der Waals surface area contributed by atoms with Gasteiger partial charge in [0.05, 0.1) is 4.92 Å². The quantitative estimate of drug-likeness (QED) is 0.268. The van der Waals surface area contributed by atoms with Crippen LogP contribution in [0, 0.1) is 14.9 Å². The van der Waals surface area contributed by atoms with E-state index in [-0.39, 0.29) is 22.1 Å². The summed E-state index contributed by atoms with van der Waals surface area (Å²) >= 11 is 5.46. The number of nitrogens with zero attached hydrogens (tertiary/aromatic N) is 4. The summed E-state index contributed by atoms with van der Waals surface area (Å²) < 4.78 is 2.02. The first-order valence-electron chi connectivity index (χ1n) is 10.1. The lowest BCUT2D eigenvalue weighted by Gasteiger charge is -2.24. The molecule has 11 heteroatoms. The monoisotopic (exact) mass is 472 g/mol. The Morgan fingerprint density at radius 2 is 1.44 bits per heavy atom. The van der Waals surface area contributed by atoms with Crippen LogP contribution in [0.4, 0.5) is 5.69 Å². The van der Waals surface area contributed by atoms with Crippen LogP contribution in [0.15, 0.2) is 94.7 Å². The maximum absolute atomic E-state index is 13.4. The SMILES string of the molecule is O=C1NC(n2[nH]c(=O)n(-c3ccccc3[N+](=O)[O-])c2=S)=NC1(c1ccccc1)c1ccccc1. The number of nitro benzene ring substituents is 1. The number of para-hydroxylation sites is 2. The minimum atomic E-state index is -1.41. The number of amides is 1. The highest BCUT2D eigenvalue weighted by Gasteiger charge is 2.47. The Bertz CT molecular complexity index is 1530. The van der Waals surface area contributed by atoms with Gasteiger partial charge in [-0.3, -0.25) is 20.2 Å². The zero-order valence-corrected chi connectivity index (χ0v) is 18.2. The van der Waals surface area contributed by atoms with Crippen LogP contribution in [0.1, 0.15) is 11.1 Å². The van der Waals surface area contributed by atoms with E-state index < -0.39 is 22.1 Å². The average molecular weight is 472 g/mol. The highest BCUT2D eigenvalue weighted by molar-refractivity contribution is 7.71. The van der Waals surface area contributed by atoms with Gasteiger partial charge in [0.15, 0.2) is 5.54 Å².